The number of nitrogens with zero attached hydrogens (tertiary/aromatic N) is 4. The Morgan fingerprint density at radius 1 is 0.938 bits per heavy atom. The fourth-order valence-corrected chi connectivity index (χ4v) is 4.45. The number of benzene rings is 3. The first-order chi connectivity index (χ1) is 15.2. The van der Waals surface area contributed by atoms with Gasteiger partial charge >= 0.3 is 0 Å². The third-order valence-electron chi connectivity index (χ3n) is 5.29. The Balaban J connectivity index is 1.85. The first-order valence-electron chi connectivity index (χ1n) is 10.2. The highest BCUT2D eigenvalue weighted by Gasteiger charge is 2.19. The molecule has 0 saturated carbocycles. The molecular formula is C23H25N5O3S. The molecule has 32 heavy (non-hydrogen) atoms. The van der Waals surface area contributed by atoms with Gasteiger partial charge in [-0.15, -0.1) is 0 Å². The number of nitrogens with one attached hydrogen (secondary N) is 1. The van der Waals surface area contributed by atoms with Gasteiger partial charge in [-0.3, -0.25) is 4.79 Å². The average molecular weight is 452 g/mol. The highest BCUT2D eigenvalue weighted by atomic mass is 32.2. The van der Waals surface area contributed by atoms with Crippen LogP contribution in [-0.2, 0) is 10.0 Å². The molecular weight excluding hydrogens is 426 g/mol. The van der Waals surface area contributed by atoms with Crippen LogP contribution in [0.1, 0.15) is 10.4 Å². The number of likely N-dealkylation sites (N-methyl/N-ethyl adjacent to an activating group) is 1. The number of carbonyl (C=O) groups excluding carboxylic acids is 1. The van der Waals surface area contributed by atoms with E-state index in [9.17, 15) is 13.2 Å². The Morgan fingerprint density at radius 2 is 1.69 bits per heavy atom. The maximum Gasteiger partial charge on any atom is 0.253 e. The van der Waals surface area contributed by atoms with Crippen molar-refractivity contribution in [3.63, 3.8) is 0 Å². The van der Waals surface area contributed by atoms with Gasteiger partial charge in [0.2, 0.25) is 10.0 Å². The van der Waals surface area contributed by atoms with Crippen molar-refractivity contribution in [1.29, 1.82) is 0 Å². The normalized spacial score (nSPS) is 12.3. The molecule has 0 spiro atoms. The molecule has 8 nitrogen and oxygen atoms in total. The molecule has 1 aromatic heterocycles. The first-order valence-corrected chi connectivity index (χ1v) is 11.6. The molecule has 0 saturated heterocycles. The fraction of sp³-hybridized carbons (Fsp3) is 0.261. The SMILES string of the molecule is CN(C)CCNC(=O)c1cccc2nc3ccc4cc(S(=O)(=O)N(C)C)ccc4c3nc12. The van der Waals surface area contributed by atoms with Crippen molar-refractivity contribution in [3.8, 4) is 0 Å². The van der Waals surface area contributed by atoms with Gasteiger partial charge < -0.3 is 10.2 Å². The molecule has 0 aliphatic carbocycles. The predicted molar refractivity (Wildman–Crippen MR) is 126 cm³/mol. The van der Waals surface area contributed by atoms with Gasteiger partial charge in [0, 0.05) is 32.6 Å². The molecule has 0 atom stereocenters. The molecule has 4 aromatic rings. The van der Waals surface area contributed by atoms with Gasteiger partial charge in [-0.05, 0) is 49.8 Å². The standard InChI is InChI=1S/C23H25N5O3S/c1-27(2)13-12-24-23(29)18-6-5-7-19-22(18)26-21-17-10-9-16(32(30,31)28(3)4)14-15(17)8-11-20(21)25-19/h5-11,14H,12-13H2,1-4H3,(H,24,29). The van der Waals surface area contributed by atoms with E-state index in [2.05, 4.69) is 5.32 Å². The van der Waals surface area contributed by atoms with E-state index in [1.54, 1.807) is 30.3 Å². The number of hydrogen-bond acceptors (Lipinski definition) is 6. The monoisotopic (exact) mass is 451 g/mol. The lowest BCUT2D eigenvalue weighted by Gasteiger charge is -2.13. The lowest BCUT2D eigenvalue weighted by Crippen LogP contribution is -2.31. The number of sulfonamides is 1. The van der Waals surface area contributed by atoms with E-state index in [1.165, 1.54) is 18.4 Å². The summed E-state index contributed by atoms with van der Waals surface area (Å²) in [4.78, 5) is 24.5. The smallest absolute Gasteiger partial charge is 0.253 e. The number of rotatable bonds is 6. The highest BCUT2D eigenvalue weighted by molar-refractivity contribution is 7.89. The minimum atomic E-state index is -3.55. The Hall–Kier alpha value is -3.14. The van der Waals surface area contributed by atoms with Crippen LogP contribution in [0.2, 0.25) is 0 Å². The van der Waals surface area contributed by atoms with Crippen molar-refractivity contribution >= 4 is 48.8 Å². The quantitative estimate of drug-likeness (QED) is 0.357. The van der Waals surface area contributed by atoms with Crippen LogP contribution < -0.4 is 5.32 Å². The van der Waals surface area contributed by atoms with Crippen molar-refractivity contribution in [3.05, 3.63) is 54.1 Å². The Labute approximate surface area is 186 Å². The van der Waals surface area contributed by atoms with Crippen LogP contribution in [0.25, 0.3) is 32.8 Å². The molecule has 0 fully saturated rings. The summed E-state index contributed by atoms with van der Waals surface area (Å²) >= 11 is 0. The second kappa shape index (κ2) is 8.42. The molecule has 4 rings (SSSR count). The van der Waals surface area contributed by atoms with Gasteiger partial charge in [-0.25, -0.2) is 22.7 Å². The molecule has 9 heteroatoms. The minimum absolute atomic E-state index is 0.203. The van der Waals surface area contributed by atoms with Crippen molar-refractivity contribution < 1.29 is 13.2 Å². The van der Waals surface area contributed by atoms with E-state index >= 15 is 0 Å². The third kappa shape index (κ3) is 4.02. The predicted octanol–water partition coefficient (Wildman–Crippen LogP) is 2.48. The number of fused-ring (bicyclic) bond motifs is 4. The van der Waals surface area contributed by atoms with Crippen molar-refractivity contribution in [1.82, 2.24) is 24.5 Å². The van der Waals surface area contributed by atoms with E-state index < -0.39 is 10.0 Å². The Kier molecular flexibility index (Phi) is 5.81. The zero-order valence-electron chi connectivity index (χ0n) is 18.5. The van der Waals surface area contributed by atoms with Crippen LogP contribution in [-0.4, -0.2) is 74.8 Å². The topological polar surface area (TPSA) is 95.5 Å². The van der Waals surface area contributed by atoms with Crippen LogP contribution in [0.5, 0.6) is 0 Å². The van der Waals surface area contributed by atoms with Crippen LogP contribution in [0.15, 0.2) is 53.4 Å². The van der Waals surface area contributed by atoms with E-state index in [1.807, 2.05) is 37.2 Å². The lowest BCUT2D eigenvalue weighted by molar-refractivity contribution is 0.0952. The maximum absolute atomic E-state index is 12.8. The number of carbonyl (C=O) groups is 1. The number of para-hydroxylation sites is 1. The molecule has 0 aliphatic heterocycles. The summed E-state index contributed by atoms with van der Waals surface area (Å²) in [7, 11) is 3.35. The second-order valence-electron chi connectivity index (χ2n) is 8.06. The van der Waals surface area contributed by atoms with Crippen molar-refractivity contribution in [2.45, 2.75) is 4.90 Å². The van der Waals surface area contributed by atoms with Crippen LogP contribution >= 0.6 is 0 Å². The molecule has 0 bridgehead atoms. The third-order valence-corrected chi connectivity index (χ3v) is 7.10. The summed E-state index contributed by atoms with van der Waals surface area (Å²) in [6.07, 6.45) is 0. The van der Waals surface area contributed by atoms with E-state index in [0.29, 0.717) is 34.2 Å². The molecule has 3 aromatic carbocycles. The zero-order valence-corrected chi connectivity index (χ0v) is 19.3. The number of amides is 1. The van der Waals surface area contributed by atoms with Gasteiger partial charge in [-0.2, -0.15) is 0 Å². The summed E-state index contributed by atoms with van der Waals surface area (Å²) in [6.45, 7) is 1.25. The zero-order chi connectivity index (χ0) is 23.0. The summed E-state index contributed by atoms with van der Waals surface area (Å²) in [5, 5.41) is 4.44. The summed E-state index contributed by atoms with van der Waals surface area (Å²) in [5.41, 5.74) is 2.90. The molecule has 0 unspecified atom stereocenters. The van der Waals surface area contributed by atoms with Gasteiger partial charge in [-0.1, -0.05) is 18.2 Å². The summed E-state index contributed by atoms with van der Waals surface area (Å²) < 4.78 is 26.2. The van der Waals surface area contributed by atoms with Crippen molar-refractivity contribution in [2.75, 3.05) is 41.3 Å². The molecule has 1 amide bonds. The molecule has 1 N–H and O–H groups in total. The largest absolute Gasteiger partial charge is 0.351 e. The van der Waals surface area contributed by atoms with Gasteiger partial charge in [0.1, 0.15) is 5.52 Å². The maximum atomic E-state index is 12.8. The van der Waals surface area contributed by atoms with Gasteiger partial charge in [0.15, 0.2) is 0 Å². The Bertz CT molecular complexity index is 1450. The van der Waals surface area contributed by atoms with Crippen LogP contribution in [0.4, 0.5) is 0 Å². The average Bonchev–Trinajstić information content (AvgIpc) is 2.76. The Morgan fingerprint density at radius 3 is 2.41 bits per heavy atom. The van der Waals surface area contributed by atoms with Crippen molar-refractivity contribution in [2.24, 2.45) is 0 Å². The van der Waals surface area contributed by atoms with Gasteiger partial charge in [0.05, 0.1) is 27.0 Å². The van der Waals surface area contributed by atoms with E-state index in [0.717, 1.165) is 17.3 Å². The number of hydrogen-bond donors (Lipinski definition) is 1. The molecule has 0 aliphatic rings. The summed E-state index contributed by atoms with van der Waals surface area (Å²) in [6, 6.07) is 14.0. The highest BCUT2D eigenvalue weighted by Crippen LogP contribution is 2.28. The molecule has 1 heterocycles. The molecule has 0 radical (unpaired) electrons. The number of aromatic nitrogens is 2. The second-order valence-corrected chi connectivity index (χ2v) is 10.2. The lowest BCUT2D eigenvalue weighted by atomic mass is 10.1. The summed E-state index contributed by atoms with van der Waals surface area (Å²) in [5.74, 6) is -0.203. The minimum Gasteiger partial charge on any atom is -0.351 e. The van der Waals surface area contributed by atoms with Crippen LogP contribution in [0.3, 0.4) is 0 Å². The molecule has 166 valence electrons. The van der Waals surface area contributed by atoms with Crippen LogP contribution in [0, 0.1) is 0 Å². The van der Waals surface area contributed by atoms with Gasteiger partial charge in [0.25, 0.3) is 5.91 Å². The van der Waals surface area contributed by atoms with E-state index in [-0.39, 0.29) is 10.8 Å². The van der Waals surface area contributed by atoms with E-state index in [4.69, 9.17) is 9.97 Å². The first kappa shape index (κ1) is 22.1. The fourth-order valence-electron chi connectivity index (χ4n) is 3.51.